The van der Waals surface area contributed by atoms with E-state index >= 15 is 0 Å². The van der Waals surface area contributed by atoms with E-state index in [1.807, 2.05) is 48.5 Å². The van der Waals surface area contributed by atoms with Crippen LogP contribution in [0.4, 0.5) is 11.4 Å². The monoisotopic (exact) mass is 343 g/mol. The van der Waals surface area contributed by atoms with Gasteiger partial charge in [-0.1, -0.05) is 41.9 Å². The van der Waals surface area contributed by atoms with Crippen molar-refractivity contribution in [3.8, 4) is 0 Å². The van der Waals surface area contributed by atoms with Crippen LogP contribution in [-0.2, 0) is 11.2 Å². The van der Waals surface area contributed by atoms with Crippen LogP contribution >= 0.6 is 11.6 Å². The Morgan fingerprint density at radius 1 is 1.08 bits per heavy atom. The van der Waals surface area contributed by atoms with Crippen LogP contribution in [0.2, 0.25) is 5.02 Å². The Labute approximate surface area is 148 Å². The molecular formula is C19H22ClN3O. The Hall–Kier alpha value is -2.04. The van der Waals surface area contributed by atoms with Crippen molar-refractivity contribution >= 4 is 28.9 Å². The molecule has 1 aliphatic rings. The van der Waals surface area contributed by atoms with Crippen LogP contribution in [0.15, 0.2) is 48.5 Å². The standard InChI is InChI=1S/C19H22ClN3O/c1-22-9-11-23(12-10-22)18-8-7-16(14-17(18)20)21-19(24)13-15-5-3-2-4-6-15/h2-8,14H,9-13H2,1H3,(H,21,24). The minimum absolute atomic E-state index is 0.0374. The highest BCUT2D eigenvalue weighted by atomic mass is 35.5. The number of carbonyl (C=O) groups is 1. The van der Waals surface area contributed by atoms with Crippen LogP contribution < -0.4 is 10.2 Å². The number of amides is 1. The topological polar surface area (TPSA) is 35.6 Å². The Morgan fingerprint density at radius 2 is 1.79 bits per heavy atom. The van der Waals surface area contributed by atoms with Crippen molar-refractivity contribution in [3.63, 3.8) is 0 Å². The van der Waals surface area contributed by atoms with Gasteiger partial charge in [-0.2, -0.15) is 0 Å². The zero-order valence-corrected chi connectivity index (χ0v) is 14.6. The molecule has 0 aliphatic carbocycles. The molecule has 1 N–H and O–H groups in total. The van der Waals surface area contributed by atoms with E-state index in [2.05, 4.69) is 22.2 Å². The normalized spacial score (nSPS) is 15.3. The van der Waals surface area contributed by atoms with Crippen LogP contribution in [0.1, 0.15) is 5.56 Å². The van der Waals surface area contributed by atoms with Crippen molar-refractivity contribution in [1.29, 1.82) is 0 Å². The lowest BCUT2D eigenvalue weighted by Gasteiger charge is -2.34. The van der Waals surface area contributed by atoms with E-state index in [4.69, 9.17) is 11.6 Å². The van der Waals surface area contributed by atoms with Gasteiger partial charge in [0.1, 0.15) is 0 Å². The Balaban J connectivity index is 1.63. The zero-order valence-electron chi connectivity index (χ0n) is 13.8. The summed E-state index contributed by atoms with van der Waals surface area (Å²) in [6.07, 6.45) is 0.360. The van der Waals surface area contributed by atoms with E-state index in [1.54, 1.807) is 0 Å². The van der Waals surface area contributed by atoms with E-state index in [0.717, 1.165) is 43.1 Å². The van der Waals surface area contributed by atoms with Gasteiger partial charge in [0.05, 0.1) is 17.1 Å². The second-order valence-corrected chi connectivity index (χ2v) is 6.57. The first-order chi connectivity index (χ1) is 11.6. The predicted molar refractivity (Wildman–Crippen MR) is 99.9 cm³/mol. The molecule has 1 heterocycles. The zero-order chi connectivity index (χ0) is 16.9. The van der Waals surface area contributed by atoms with Gasteiger partial charge in [0.2, 0.25) is 5.91 Å². The number of benzene rings is 2. The maximum Gasteiger partial charge on any atom is 0.228 e. The third-order valence-corrected chi connectivity index (χ3v) is 4.59. The van der Waals surface area contributed by atoms with Crippen molar-refractivity contribution in [3.05, 3.63) is 59.1 Å². The molecule has 0 atom stereocenters. The third kappa shape index (κ3) is 4.28. The lowest BCUT2D eigenvalue weighted by Crippen LogP contribution is -2.44. The number of nitrogens with one attached hydrogen (secondary N) is 1. The van der Waals surface area contributed by atoms with E-state index in [1.165, 1.54) is 0 Å². The first-order valence-electron chi connectivity index (χ1n) is 8.18. The van der Waals surface area contributed by atoms with E-state index in [9.17, 15) is 4.79 Å². The van der Waals surface area contributed by atoms with Gasteiger partial charge in [-0.15, -0.1) is 0 Å². The second-order valence-electron chi connectivity index (χ2n) is 6.17. The molecule has 0 aromatic heterocycles. The predicted octanol–water partition coefficient (Wildman–Crippen LogP) is 3.27. The summed E-state index contributed by atoms with van der Waals surface area (Å²) in [6, 6.07) is 15.4. The molecule has 0 bridgehead atoms. The fourth-order valence-electron chi connectivity index (χ4n) is 2.87. The van der Waals surface area contributed by atoms with Crippen molar-refractivity contribution in [2.45, 2.75) is 6.42 Å². The molecule has 4 nitrogen and oxygen atoms in total. The molecule has 1 amide bonds. The van der Waals surface area contributed by atoms with Crippen LogP contribution in [0.25, 0.3) is 0 Å². The minimum Gasteiger partial charge on any atom is -0.368 e. The molecule has 2 aromatic carbocycles. The van der Waals surface area contributed by atoms with Gasteiger partial charge in [0, 0.05) is 31.9 Å². The highest BCUT2D eigenvalue weighted by Gasteiger charge is 2.17. The molecule has 0 spiro atoms. The van der Waals surface area contributed by atoms with Crippen molar-refractivity contribution in [2.24, 2.45) is 0 Å². The van der Waals surface area contributed by atoms with Crippen LogP contribution in [0, 0.1) is 0 Å². The lowest BCUT2D eigenvalue weighted by molar-refractivity contribution is -0.115. The van der Waals surface area contributed by atoms with Gasteiger partial charge in [-0.05, 0) is 30.8 Å². The molecular weight excluding hydrogens is 322 g/mol. The summed E-state index contributed by atoms with van der Waals surface area (Å²) in [6.45, 7) is 4.00. The van der Waals surface area contributed by atoms with Crippen molar-refractivity contribution < 1.29 is 4.79 Å². The lowest BCUT2D eigenvalue weighted by atomic mass is 10.1. The van der Waals surface area contributed by atoms with Gasteiger partial charge in [0.25, 0.3) is 0 Å². The Kier molecular flexibility index (Phi) is 5.38. The highest BCUT2D eigenvalue weighted by Crippen LogP contribution is 2.29. The van der Waals surface area contributed by atoms with Gasteiger partial charge >= 0.3 is 0 Å². The smallest absolute Gasteiger partial charge is 0.228 e. The Morgan fingerprint density at radius 3 is 2.46 bits per heavy atom. The number of hydrogen-bond donors (Lipinski definition) is 1. The fraction of sp³-hybridized carbons (Fsp3) is 0.316. The maximum absolute atomic E-state index is 12.1. The SMILES string of the molecule is CN1CCN(c2ccc(NC(=O)Cc3ccccc3)cc2Cl)CC1. The number of hydrogen-bond acceptors (Lipinski definition) is 3. The maximum atomic E-state index is 12.1. The number of anilines is 2. The summed E-state index contributed by atoms with van der Waals surface area (Å²) in [5.74, 6) is -0.0374. The number of piperazine rings is 1. The molecule has 24 heavy (non-hydrogen) atoms. The number of halogens is 1. The summed E-state index contributed by atoms with van der Waals surface area (Å²) in [7, 11) is 2.13. The van der Waals surface area contributed by atoms with Crippen LogP contribution in [0.5, 0.6) is 0 Å². The van der Waals surface area contributed by atoms with Crippen molar-refractivity contribution in [2.75, 3.05) is 43.4 Å². The molecule has 0 radical (unpaired) electrons. The largest absolute Gasteiger partial charge is 0.368 e. The molecule has 2 aromatic rings. The van der Waals surface area contributed by atoms with Crippen LogP contribution in [-0.4, -0.2) is 44.0 Å². The third-order valence-electron chi connectivity index (χ3n) is 4.28. The van der Waals surface area contributed by atoms with Crippen molar-refractivity contribution in [1.82, 2.24) is 4.90 Å². The van der Waals surface area contributed by atoms with E-state index in [-0.39, 0.29) is 5.91 Å². The fourth-order valence-corrected chi connectivity index (χ4v) is 3.17. The second kappa shape index (κ2) is 7.69. The van der Waals surface area contributed by atoms with Gasteiger partial charge in [0.15, 0.2) is 0 Å². The molecule has 1 fully saturated rings. The molecule has 1 saturated heterocycles. The first kappa shape index (κ1) is 16.8. The minimum atomic E-state index is -0.0374. The number of rotatable bonds is 4. The van der Waals surface area contributed by atoms with E-state index < -0.39 is 0 Å². The first-order valence-corrected chi connectivity index (χ1v) is 8.56. The summed E-state index contributed by atoms with van der Waals surface area (Å²) in [5.41, 5.74) is 2.76. The average molecular weight is 344 g/mol. The number of likely N-dealkylation sites (N-methyl/N-ethyl adjacent to an activating group) is 1. The summed E-state index contributed by atoms with van der Waals surface area (Å²) in [4.78, 5) is 16.7. The van der Waals surface area contributed by atoms with Gasteiger partial charge in [-0.25, -0.2) is 0 Å². The Bertz CT molecular complexity index is 697. The van der Waals surface area contributed by atoms with E-state index in [0.29, 0.717) is 11.4 Å². The average Bonchev–Trinajstić information content (AvgIpc) is 2.57. The number of carbonyl (C=O) groups excluding carboxylic acids is 1. The van der Waals surface area contributed by atoms with Gasteiger partial charge in [-0.3, -0.25) is 4.79 Å². The summed E-state index contributed by atoms with van der Waals surface area (Å²) >= 11 is 6.44. The molecule has 126 valence electrons. The van der Waals surface area contributed by atoms with Crippen LogP contribution in [0.3, 0.4) is 0 Å². The molecule has 5 heteroatoms. The molecule has 1 aliphatic heterocycles. The summed E-state index contributed by atoms with van der Waals surface area (Å²) in [5, 5.41) is 3.60. The molecule has 3 rings (SSSR count). The summed E-state index contributed by atoms with van der Waals surface area (Å²) < 4.78 is 0. The molecule has 0 unspecified atom stereocenters. The highest BCUT2D eigenvalue weighted by molar-refractivity contribution is 6.33. The number of nitrogens with zero attached hydrogens (tertiary/aromatic N) is 2. The molecule has 0 saturated carbocycles. The quantitative estimate of drug-likeness (QED) is 0.925. The van der Waals surface area contributed by atoms with Gasteiger partial charge < -0.3 is 15.1 Å².